The molecular formula is C20H29N5O4. The lowest BCUT2D eigenvalue weighted by atomic mass is 10.3. The van der Waals surface area contributed by atoms with Crippen molar-refractivity contribution < 1.29 is 18.8 Å². The van der Waals surface area contributed by atoms with Crippen LogP contribution in [0.5, 0.6) is 5.75 Å². The lowest BCUT2D eigenvalue weighted by Crippen LogP contribution is -2.44. The number of aromatic nitrogens is 1. The van der Waals surface area contributed by atoms with Gasteiger partial charge in [0.2, 0.25) is 5.91 Å². The van der Waals surface area contributed by atoms with Crippen molar-refractivity contribution in [3.63, 3.8) is 0 Å². The molecule has 2 aromatic rings. The normalized spacial score (nSPS) is 10.7. The second kappa shape index (κ2) is 11.1. The molecule has 0 saturated heterocycles. The molecule has 0 unspecified atom stereocenters. The van der Waals surface area contributed by atoms with Crippen LogP contribution in [-0.2, 0) is 4.79 Å². The van der Waals surface area contributed by atoms with E-state index < -0.39 is 0 Å². The van der Waals surface area contributed by atoms with Crippen LogP contribution in [0, 0.1) is 6.92 Å². The zero-order valence-electron chi connectivity index (χ0n) is 17.4. The van der Waals surface area contributed by atoms with Gasteiger partial charge in [-0.25, -0.2) is 4.79 Å². The minimum Gasteiger partial charge on any atom is -0.495 e. The molecule has 0 radical (unpaired) electrons. The predicted molar refractivity (Wildman–Crippen MR) is 111 cm³/mol. The molecule has 29 heavy (non-hydrogen) atoms. The molecule has 2 N–H and O–H groups in total. The van der Waals surface area contributed by atoms with E-state index in [1.54, 1.807) is 31.2 Å². The van der Waals surface area contributed by atoms with Gasteiger partial charge in [-0.1, -0.05) is 31.1 Å². The first-order chi connectivity index (χ1) is 14.0. The van der Waals surface area contributed by atoms with Gasteiger partial charge in [-0.3, -0.25) is 4.79 Å². The number of hydrogen-bond donors (Lipinski definition) is 2. The molecule has 0 aliphatic heterocycles. The summed E-state index contributed by atoms with van der Waals surface area (Å²) in [5.41, 5.74) is 0.542. The van der Waals surface area contributed by atoms with Gasteiger partial charge in [-0.15, -0.1) is 0 Å². The van der Waals surface area contributed by atoms with Gasteiger partial charge >= 0.3 is 6.03 Å². The van der Waals surface area contributed by atoms with Crippen LogP contribution in [0.25, 0.3) is 0 Å². The highest BCUT2D eigenvalue weighted by Crippen LogP contribution is 2.23. The second-order valence-corrected chi connectivity index (χ2v) is 6.45. The Labute approximate surface area is 171 Å². The maximum absolute atomic E-state index is 12.9. The SMILES string of the molecule is CCN(CC)CCN(CC(=O)Nc1cc(C)on1)C(=O)Nc1ccccc1OC. The zero-order chi connectivity index (χ0) is 21.2. The van der Waals surface area contributed by atoms with Crippen molar-refractivity contribution in [1.29, 1.82) is 0 Å². The molecule has 9 heteroatoms. The van der Waals surface area contributed by atoms with Crippen molar-refractivity contribution in [1.82, 2.24) is 15.0 Å². The highest BCUT2D eigenvalue weighted by atomic mass is 16.5. The number of hydrogen-bond acceptors (Lipinski definition) is 6. The molecule has 0 fully saturated rings. The quantitative estimate of drug-likeness (QED) is 0.633. The summed E-state index contributed by atoms with van der Waals surface area (Å²) in [5.74, 6) is 1.11. The summed E-state index contributed by atoms with van der Waals surface area (Å²) >= 11 is 0. The average Bonchev–Trinajstić information content (AvgIpc) is 3.12. The van der Waals surface area contributed by atoms with Crippen LogP contribution in [0.3, 0.4) is 0 Å². The number of para-hydroxylation sites is 2. The van der Waals surface area contributed by atoms with Crippen molar-refractivity contribution in [2.24, 2.45) is 0 Å². The minimum absolute atomic E-state index is 0.117. The van der Waals surface area contributed by atoms with Gasteiger partial charge in [-0.05, 0) is 32.1 Å². The molecule has 0 saturated carbocycles. The Morgan fingerprint density at radius 2 is 1.86 bits per heavy atom. The largest absolute Gasteiger partial charge is 0.495 e. The first-order valence-corrected chi connectivity index (χ1v) is 9.61. The number of anilines is 2. The number of benzene rings is 1. The van der Waals surface area contributed by atoms with Crippen LogP contribution >= 0.6 is 0 Å². The number of likely N-dealkylation sites (N-methyl/N-ethyl adjacent to an activating group) is 1. The van der Waals surface area contributed by atoms with E-state index in [2.05, 4.69) is 34.5 Å². The molecule has 0 spiro atoms. The maximum atomic E-state index is 12.9. The van der Waals surface area contributed by atoms with Gasteiger partial charge < -0.3 is 29.7 Å². The monoisotopic (exact) mass is 403 g/mol. The third-order valence-electron chi connectivity index (χ3n) is 4.45. The van der Waals surface area contributed by atoms with Crippen molar-refractivity contribution in [3.8, 4) is 5.75 Å². The zero-order valence-corrected chi connectivity index (χ0v) is 17.4. The summed E-state index contributed by atoms with van der Waals surface area (Å²) < 4.78 is 10.2. The number of carbonyl (C=O) groups excluding carboxylic acids is 2. The summed E-state index contributed by atoms with van der Waals surface area (Å²) in [5, 5.41) is 9.22. The van der Waals surface area contributed by atoms with E-state index in [0.717, 1.165) is 13.1 Å². The van der Waals surface area contributed by atoms with E-state index in [4.69, 9.17) is 9.26 Å². The summed E-state index contributed by atoms with van der Waals surface area (Å²) in [4.78, 5) is 29.0. The Balaban J connectivity index is 2.08. The number of methoxy groups -OCH3 is 1. The minimum atomic E-state index is -0.381. The molecule has 1 aromatic carbocycles. The lowest BCUT2D eigenvalue weighted by molar-refractivity contribution is -0.116. The topological polar surface area (TPSA) is 99.9 Å². The molecule has 0 aliphatic rings. The molecule has 1 heterocycles. The molecule has 0 bridgehead atoms. The molecule has 9 nitrogen and oxygen atoms in total. The van der Waals surface area contributed by atoms with Gasteiger partial charge in [0.15, 0.2) is 5.82 Å². The fraction of sp³-hybridized carbons (Fsp3) is 0.450. The molecule has 3 amide bonds. The van der Waals surface area contributed by atoms with Gasteiger partial charge in [0, 0.05) is 19.2 Å². The summed E-state index contributed by atoms with van der Waals surface area (Å²) in [6, 6.07) is 8.37. The van der Waals surface area contributed by atoms with Crippen LogP contribution in [0.1, 0.15) is 19.6 Å². The third-order valence-corrected chi connectivity index (χ3v) is 4.45. The van der Waals surface area contributed by atoms with Gasteiger partial charge in [0.05, 0.1) is 12.8 Å². The maximum Gasteiger partial charge on any atom is 0.322 e. The number of urea groups is 1. The van der Waals surface area contributed by atoms with Gasteiger partial charge in [0.1, 0.15) is 18.1 Å². The van der Waals surface area contributed by atoms with E-state index >= 15 is 0 Å². The smallest absolute Gasteiger partial charge is 0.322 e. The number of ether oxygens (including phenoxy) is 1. The molecule has 0 aliphatic carbocycles. The highest BCUT2D eigenvalue weighted by Gasteiger charge is 2.20. The Hall–Kier alpha value is -3.07. The molecule has 1 aromatic heterocycles. The van der Waals surface area contributed by atoms with E-state index in [-0.39, 0.29) is 18.5 Å². The van der Waals surface area contributed by atoms with E-state index in [9.17, 15) is 9.59 Å². The Kier molecular flexibility index (Phi) is 8.47. The highest BCUT2D eigenvalue weighted by molar-refractivity contribution is 5.97. The summed E-state index contributed by atoms with van der Waals surface area (Å²) in [7, 11) is 1.54. The number of aryl methyl sites for hydroxylation is 1. The number of nitrogens with zero attached hydrogens (tertiary/aromatic N) is 3. The van der Waals surface area contributed by atoms with E-state index in [0.29, 0.717) is 36.1 Å². The number of rotatable bonds is 10. The Morgan fingerprint density at radius 3 is 2.48 bits per heavy atom. The van der Waals surface area contributed by atoms with Crippen molar-refractivity contribution in [2.75, 3.05) is 50.5 Å². The molecule has 2 rings (SSSR count). The van der Waals surface area contributed by atoms with E-state index in [1.165, 1.54) is 12.0 Å². The van der Waals surface area contributed by atoms with Crippen LogP contribution in [0.2, 0.25) is 0 Å². The van der Waals surface area contributed by atoms with Crippen molar-refractivity contribution >= 4 is 23.4 Å². The van der Waals surface area contributed by atoms with Crippen LogP contribution in [-0.4, -0.2) is 66.7 Å². The fourth-order valence-corrected chi connectivity index (χ4v) is 2.78. The predicted octanol–water partition coefficient (Wildman–Crippen LogP) is 2.81. The first-order valence-electron chi connectivity index (χ1n) is 9.61. The molecular weight excluding hydrogens is 374 g/mol. The summed E-state index contributed by atoms with van der Waals surface area (Å²) in [6.45, 7) is 8.51. The number of amides is 3. The van der Waals surface area contributed by atoms with Gasteiger partial charge in [-0.2, -0.15) is 0 Å². The third kappa shape index (κ3) is 6.79. The Bertz CT molecular complexity index is 804. The number of carbonyl (C=O) groups is 2. The van der Waals surface area contributed by atoms with Crippen molar-refractivity contribution in [3.05, 3.63) is 36.1 Å². The van der Waals surface area contributed by atoms with E-state index in [1.807, 2.05) is 6.07 Å². The molecule has 158 valence electrons. The lowest BCUT2D eigenvalue weighted by Gasteiger charge is -2.26. The average molecular weight is 403 g/mol. The first kappa shape index (κ1) is 22.2. The fourth-order valence-electron chi connectivity index (χ4n) is 2.78. The summed E-state index contributed by atoms with van der Waals surface area (Å²) in [6.07, 6.45) is 0. The van der Waals surface area contributed by atoms with Crippen LogP contribution in [0.4, 0.5) is 16.3 Å². The van der Waals surface area contributed by atoms with Crippen molar-refractivity contribution in [2.45, 2.75) is 20.8 Å². The number of nitrogens with one attached hydrogen (secondary N) is 2. The van der Waals surface area contributed by atoms with Crippen LogP contribution in [0.15, 0.2) is 34.9 Å². The second-order valence-electron chi connectivity index (χ2n) is 6.45. The molecule has 0 atom stereocenters. The Morgan fingerprint density at radius 1 is 1.14 bits per heavy atom. The standard InChI is InChI=1S/C20H29N5O4/c1-5-24(6-2)11-12-25(14-19(26)22-18-13-15(3)29-23-18)20(27)21-16-9-7-8-10-17(16)28-4/h7-10,13H,5-6,11-12,14H2,1-4H3,(H,21,27)(H,22,23,26). The van der Waals surface area contributed by atoms with Crippen LogP contribution < -0.4 is 15.4 Å². The van der Waals surface area contributed by atoms with Gasteiger partial charge in [0.25, 0.3) is 0 Å².